The maximum atomic E-state index is 12.4. The van der Waals surface area contributed by atoms with Gasteiger partial charge in [-0.2, -0.15) is 10.2 Å². The first kappa shape index (κ1) is 20.0. The van der Waals surface area contributed by atoms with Crippen molar-refractivity contribution < 1.29 is 19.0 Å². The van der Waals surface area contributed by atoms with Gasteiger partial charge in [-0.25, -0.2) is 4.79 Å². The van der Waals surface area contributed by atoms with E-state index >= 15 is 0 Å². The predicted molar refractivity (Wildman–Crippen MR) is 107 cm³/mol. The monoisotopic (exact) mass is 391 g/mol. The summed E-state index contributed by atoms with van der Waals surface area (Å²) in [6.07, 6.45) is 3.13. The summed E-state index contributed by atoms with van der Waals surface area (Å²) in [4.78, 5) is 16.8. The van der Waals surface area contributed by atoms with Gasteiger partial charge in [-0.3, -0.25) is 4.40 Å². The number of nitriles is 1. The molecule has 1 aromatic carbocycles. The number of hydrogen-bond acceptors (Lipinski definition) is 6. The first-order valence-corrected chi connectivity index (χ1v) is 9.08. The Morgan fingerprint density at radius 3 is 2.66 bits per heavy atom. The minimum absolute atomic E-state index is 0.0366. The van der Waals surface area contributed by atoms with Crippen LogP contribution in [0.25, 0.3) is 11.7 Å². The molecular weight excluding hydrogens is 370 g/mol. The van der Waals surface area contributed by atoms with Gasteiger partial charge >= 0.3 is 5.97 Å². The van der Waals surface area contributed by atoms with Crippen LogP contribution in [0.5, 0.6) is 11.6 Å². The molecule has 0 N–H and O–H groups in total. The maximum Gasteiger partial charge on any atom is 0.349 e. The van der Waals surface area contributed by atoms with Crippen molar-refractivity contribution in [1.29, 1.82) is 5.26 Å². The number of hydrogen-bond donors (Lipinski definition) is 0. The molecule has 0 fully saturated rings. The number of nitrogens with zero attached hydrogens (tertiary/aromatic N) is 3. The number of aromatic nitrogens is 2. The quantitative estimate of drug-likeness (QED) is 0.346. The summed E-state index contributed by atoms with van der Waals surface area (Å²) in [5.74, 6) is 0.127. The van der Waals surface area contributed by atoms with Crippen molar-refractivity contribution in [3.8, 4) is 17.7 Å². The highest BCUT2D eigenvalue weighted by molar-refractivity contribution is 5.98. The molecule has 0 radical (unpaired) electrons. The van der Waals surface area contributed by atoms with Crippen molar-refractivity contribution >= 4 is 17.7 Å². The normalized spacial score (nSPS) is 11.3. The third kappa shape index (κ3) is 4.55. The Kier molecular flexibility index (Phi) is 6.15. The zero-order valence-corrected chi connectivity index (χ0v) is 16.5. The predicted octanol–water partition coefficient (Wildman–Crippen LogP) is 3.78. The second-order valence-corrected chi connectivity index (χ2v) is 6.47. The molecule has 7 heteroatoms. The Morgan fingerprint density at radius 2 is 2.00 bits per heavy atom. The van der Waals surface area contributed by atoms with E-state index in [2.05, 4.69) is 4.98 Å². The first-order chi connectivity index (χ1) is 14.0. The van der Waals surface area contributed by atoms with E-state index in [1.54, 1.807) is 22.7 Å². The number of ether oxygens (including phenoxy) is 3. The van der Waals surface area contributed by atoms with Gasteiger partial charge in [-0.05, 0) is 37.6 Å². The number of benzene rings is 1. The van der Waals surface area contributed by atoms with Crippen LogP contribution < -0.4 is 9.47 Å². The Balaban J connectivity index is 1.94. The molecule has 0 aliphatic carbocycles. The Morgan fingerprint density at radius 1 is 1.24 bits per heavy atom. The molecule has 3 rings (SSSR count). The minimum atomic E-state index is -0.719. The number of pyridine rings is 1. The SMILES string of the molecule is COc1nc2c(OC(C)C)cccn2c1C=C(C#N)C(=O)OCc1ccccc1. The van der Waals surface area contributed by atoms with Crippen LogP contribution in [0.2, 0.25) is 0 Å². The van der Waals surface area contributed by atoms with Crippen LogP contribution >= 0.6 is 0 Å². The van der Waals surface area contributed by atoms with Gasteiger partial charge in [0.15, 0.2) is 11.4 Å². The molecule has 0 aliphatic rings. The van der Waals surface area contributed by atoms with Crippen LogP contribution in [0.1, 0.15) is 25.1 Å². The first-order valence-electron chi connectivity index (χ1n) is 9.08. The van der Waals surface area contributed by atoms with Crippen LogP contribution in [0, 0.1) is 11.3 Å². The molecule has 0 spiro atoms. The van der Waals surface area contributed by atoms with Crippen molar-refractivity contribution in [1.82, 2.24) is 9.38 Å². The molecular formula is C22H21N3O4. The zero-order valence-electron chi connectivity index (χ0n) is 16.5. The van der Waals surface area contributed by atoms with Gasteiger partial charge in [-0.1, -0.05) is 30.3 Å². The molecule has 2 aromatic heterocycles. The molecule has 148 valence electrons. The van der Waals surface area contributed by atoms with Gasteiger partial charge in [0.05, 0.1) is 13.2 Å². The second-order valence-electron chi connectivity index (χ2n) is 6.47. The van der Waals surface area contributed by atoms with Gasteiger partial charge in [-0.15, -0.1) is 0 Å². The molecule has 29 heavy (non-hydrogen) atoms. The lowest BCUT2D eigenvalue weighted by Crippen LogP contribution is -2.08. The summed E-state index contributed by atoms with van der Waals surface area (Å²) >= 11 is 0. The Bertz CT molecular complexity index is 1080. The summed E-state index contributed by atoms with van der Waals surface area (Å²) in [5, 5.41) is 9.49. The second kappa shape index (κ2) is 8.93. The van der Waals surface area contributed by atoms with E-state index < -0.39 is 5.97 Å². The highest BCUT2D eigenvalue weighted by Crippen LogP contribution is 2.28. The van der Waals surface area contributed by atoms with Crippen molar-refractivity contribution in [2.24, 2.45) is 0 Å². The minimum Gasteiger partial charge on any atom is -0.487 e. The summed E-state index contributed by atoms with van der Waals surface area (Å²) in [7, 11) is 1.47. The number of carbonyl (C=O) groups is 1. The van der Waals surface area contributed by atoms with E-state index in [1.165, 1.54) is 13.2 Å². The smallest absolute Gasteiger partial charge is 0.349 e. The van der Waals surface area contributed by atoms with Gasteiger partial charge < -0.3 is 14.2 Å². The number of rotatable bonds is 7. The molecule has 2 heterocycles. The number of fused-ring (bicyclic) bond motifs is 1. The lowest BCUT2D eigenvalue weighted by molar-refractivity contribution is -0.139. The molecule has 0 aliphatic heterocycles. The third-order valence-corrected chi connectivity index (χ3v) is 4.01. The van der Waals surface area contributed by atoms with E-state index in [9.17, 15) is 10.1 Å². The molecule has 0 atom stereocenters. The summed E-state index contributed by atoms with van der Waals surface area (Å²) in [6.45, 7) is 3.91. The Labute approximate surface area is 168 Å². The highest BCUT2D eigenvalue weighted by atomic mass is 16.5. The number of esters is 1. The standard InChI is InChI=1S/C22H21N3O4/c1-15(2)29-19-10-7-11-25-18(21(27-3)24-20(19)25)12-17(13-23)22(26)28-14-16-8-5-4-6-9-16/h4-12,15H,14H2,1-3H3. The third-order valence-electron chi connectivity index (χ3n) is 4.01. The molecule has 0 amide bonds. The summed E-state index contributed by atoms with van der Waals surface area (Å²) < 4.78 is 18.1. The van der Waals surface area contributed by atoms with E-state index in [0.29, 0.717) is 17.1 Å². The largest absolute Gasteiger partial charge is 0.487 e. The van der Waals surface area contributed by atoms with Crippen LogP contribution in [0.4, 0.5) is 0 Å². The topological polar surface area (TPSA) is 85.9 Å². The summed E-state index contributed by atoms with van der Waals surface area (Å²) in [6, 6.07) is 14.8. The van der Waals surface area contributed by atoms with Gasteiger partial charge in [0.25, 0.3) is 0 Å². The van der Waals surface area contributed by atoms with Gasteiger partial charge in [0.1, 0.15) is 23.9 Å². The van der Waals surface area contributed by atoms with Crippen molar-refractivity contribution in [2.45, 2.75) is 26.6 Å². The summed E-state index contributed by atoms with van der Waals surface area (Å²) in [5.41, 5.74) is 1.65. The fourth-order valence-electron chi connectivity index (χ4n) is 2.74. The van der Waals surface area contributed by atoms with Crippen molar-refractivity contribution in [2.75, 3.05) is 7.11 Å². The average molecular weight is 391 g/mol. The Hall–Kier alpha value is -3.79. The molecule has 0 unspecified atom stereocenters. The molecule has 3 aromatic rings. The molecule has 0 saturated carbocycles. The van der Waals surface area contributed by atoms with E-state index in [1.807, 2.05) is 50.2 Å². The molecule has 0 bridgehead atoms. The fourth-order valence-corrected chi connectivity index (χ4v) is 2.74. The number of carbonyl (C=O) groups excluding carboxylic acids is 1. The fraction of sp³-hybridized carbons (Fsp3) is 0.227. The number of methoxy groups -OCH3 is 1. The average Bonchev–Trinajstić information content (AvgIpc) is 3.09. The van der Waals surface area contributed by atoms with E-state index in [-0.39, 0.29) is 24.2 Å². The lowest BCUT2D eigenvalue weighted by Gasteiger charge is -2.10. The molecule has 0 saturated heterocycles. The molecule has 7 nitrogen and oxygen atoms in total. The maximum absolute atomic E-state index is 12.4. The van der Waals surface area contributed by atoms with Gasteiger partial charge in [0, 0.05) is 6.20 Å². The van der Waals surface area contributed by atoms with Crippen LogP contribution in [0.15, 0.2) is 54.2 Å². The lowest BCUT2D eigenvalue weighted by atomic mass is 10.2. The highest BCUT2D eigenvalue weighted by Gasteiger charge is 2.19. The van der Waals surface area contributed by atoms with Crippen LogP contribution in [-0.2, 0) is 16.1 Å². The van der Waals surface area contributed by atoms with Crippen molar-refractivity contribution in [3.05, 3.63) is 65.5 Å². The zero-order chi connectivity index (χ0) is 20.8. The van der Waals surface area contributed by atoms with Crippen LogP contribution in [-0.4, -0.2) is 28.6 Å². The number of imidazole rings is 1. The van der Waals surface area contributed by atoms with E-state index in [0.717, 1.165) is 5.56 Å². The van der Waals surface area contributed by atoms with Crippen molar-refractivity contribution in [3.63, 3.8) is 0 Å². The van der Waals surface area contributed by atoms with E-state index in [4.69, 9.17) is 14.2 Å². The van der Waals surface area contributed by atoms with Crippen LogP contribution in [0.3, 0.4) is 0 Å². The van der Waals surface area contributed by atoms with Gasteiger partial charge in [0.2, 0.25) is 5.88 Å².